The highest BCUT2D eigenvalue weighted by Crippen LogP contribution is 2.26. The summed E-state index contributed by atoms with van der Waals surface area (Å²) in [5, 5.41) is 71.7. The van der Waals surface area contributed by atoms with E-state index in [1.807, 2.05) is 12.2 Å². The lowest BCUT2D eigenvalue weighted by Crippen LogP contribution is -2.61. The minimum absolute atomic E-state index is 0.0849. The molecule has 344 valence electrons. The lowest BCUT2D eigenvalue weighted by atomic mass is 9.98. The van der Waals surface area contributed by atoms with Crippen LogP contribution in [0, 0.1) is 0 Å². The third kappa shape index (κ3) is 21.8. The molecule has 0 saturated carbocycles. The Labute approximate surface area is 356 Å². The van der Waals surface area contributed by atoms with Crippen molar-refractivity contribution < 1.29 is 73.8 Å². The van der Waals surface area contributed by atoms with Crippen LogP contribution in [0.25, 0.3) is 0 Å². The van der Waals surface area contributed by atoms with Gasteiger partial charge in [-0.2, -0.15) is 0 Å². The zero-order valence-corrected chi connectivity index (χ0v) is 35.7. The first kappa shape index (κ1) is 53.3. The lowest BCUT2D eigenvalue weighted by molar-refractivity contribution is -0.332. The van der Waals surface area contributed by atoms with Crippen molar-refractivity contribution in [1.82, 2.24) is 0 Å². The first-order valence-electron chi connectivity index (χ1n) is 21.9. The van der Waals surface area contributed by atoms with E-state index in [1.54, 1.807) is 0 Å². The van der Waals surface area contributed by atoms with Crippen molar-refractivity contribution in [3.8, 4) is 0 Å². The average Bonchev–Trinajstić information content (AvgIpc) is 3.24. The van der Waals surface area contributed by atoms with Crippen molar-refractivity contribution in [3.05, 3.63) is 60.8 Å². The Morgan fingerprint density at radius 3 is 1.63 bits per heavy atom. The van der Waals surface area contributed by atoms with Crippen molar-refractivity contribution >= 4 is 11.9 Å². The first-order valence-corrected chi connectivity index (χ1v) is 21.9. The maximum atomic E-state index is 12.9. The van der Waals surface area contributed by atoms with Crippen molar-refractivity contribution in [2.45, 2.75) is 184 Å². The van der Waals surface area contributed by atoms with Crippen LogP contribution in [-0.4, -0.2) is 142 Å². The standard InChI is InChI=1S/C45H74O15/c1-3-5-7-9-11-12-13-14-15-16-17-18-19-20-22-24-26-28-37(48)58-33(30-55-36(47)27-25-23-21-10-8-6-4-2)31-56-44-43(54)41(52)39(50)35(60-44)32-57-45-42(53)40(51)38(49)34(29-46)59-45/h5,7,11-12,14-15,17-18,20,22,33-35,38-46,49-54H,3-4,6,8-10,13,16,19,21,23-32H2,1-2H3/b7-5-,12-11-,15-14-,18-17-,22-20-. The molecule has 0 aromatic rings. The zero-order chi connectivity index (χ0) is 44.0. The van der Waals surface area contributed by atoms with E-state index in [2.05, 4.69) is 62.5 Å². The van der Waals surface area contributed by atoms with Gasteiger partial charge in [-0.3, -0.25) is 9.59 Å². The molecule has 2 fully saturated rings. The quantitative estimate of drug-likeness (QED) is 0.0295. The van der Waals surface area contributed by atoms with Crippen LogP contribution < -0.4 is 0 Å². The number of unbranched alkanes of at least 4 members (excludes halogenated alkanes) is 7. The molecule has 2 rings (SSSR count). The highest BCUT2D eigenvalue weighted by molar-refractivity contribution is 5.70. The summed E-state index contributed by atoms with van der Waals surface area (Å²) in [6.07, 6.45) is 17.3. The predicted molar refractivity (Wildman–Crippen MR) is 224 cm³/mol. The lowest BCUT2D eigenvalue weighted by Gasteiger charge is -2.42. The maximum Gasteiger partial charge on any atom is 0.306 e. The number of hydrogen-bond donors (Lipinski definition) is 7. The molecule has 0 aliphatic carbocycles. The molecule has 0 bridgehead atoms. The molecule has 11 atom stereocenters. The minimum Gasteiger partial charge on any atom is -0.462 e. The summed E-state index contributed by atoms with van der Waals surface area (Å²) < 4.78 is 33.3. The SMILES string of the molecule is CC/C=C\C/C=C\C/C=C\C/C=C\C/C=C\CCCC(=O)OC(COC(=O)CCCCCCCCC)COC1OC(COC2OC(CO)C(O)C(O)C2O)C(O)C(O)C1O. The average molecular weight is 855 g/mol. The highest BCUT2D eigenvalue weighted by Gasteiger charge is 2.47. The summed E-state index contributed by atoms with van der Waals surface area (Å²) in [6.45, 7) is 2.32. The summed E-state index contributed by atoms with van der Waals surface area (Å²) in [5.74, 6) is -1.01. The number of carbonyl (C=O) groups is 2. The molecule has 2 aliphatic heterocycles. The van der Waals surface area contributed by atoms with Gasteiger partial charge in [0, 0.05) is 12.8 Å². The number of esters is 2. The van der Waals surface area contributed by atoms with Crippen LogP contribution in [0.15, 0.2) is 60.8 Å². The summed E-state index contributed by atoms with van der Waals surface area (Å²) >= 11 is 0. The second-order valence-electron chi connectivity index (χ2n) is 15.1. The van der Waals surface area contributed by atoms with E-state index in [0.717, 1.165) is 64.2 Å². The molecule has 7 N–H and O–H groups in total. The summed E-state index contributed by atoms with van der Waals surface area (Å²) in [6, 6.07) is 0. The Kier molecular flexibility index (Phi) is 29.2. The van der Waals surface area contributed by atoms with E-state index in [4.69, 9.17) is 28.4 Å². The molecule has 0 spiro atoms. The molecule has 2 heterocycles. The van der Waals surface area contributed by atoms with Gasteiger partial charge in [0.05, 0.1) is 19.8 Å². The van der Waals surface area contributed by atoms with Crippen molar-refractivity contribution in [3.63, 3.8) is 0 Å². The fraction of sp³-hybridized carbons (Fsp3) is 0.733. The number of carbonyl (C=O) groups excluding carboxylic acids is 2. The van der Waals surface area contributed by atoms with Crippen molar-refractivity contribution in [1.29, 1.82) is 0 Å². The number of ether oxygens (including phenoxy) is 6. The normalized spacial score (nSPS) is 28.1. The van der Waals surface area contributed by atoms with Crippen LogP contribution in [0.2, 0.25) is 0 Å². The van der Waals surface area contributed by atoms with E-state index in [0.29, 0.717) is 19.3 Å². The number of allylic oxidation sites excluding steroid dienone is 10. The van der Waals surface area contributed by atoms with Gasteiger partial charge in [0.15, 0.2) is 18.7 Å². The molecular formula is C45H74O15. The van der Waals surface area contributed by atoms with E-state index in [9.17, 15) is 45.3 Å². The molecule has 15 nitrogen and oxygen atoms in total. The van der Waals surface area contributed by atoms with E-state index in [1.165, 1.54) is 6.42 Å². The molecule has 11 unspecified atom stereocenters. The van der Waals surface area contributed by atoms with E-state index in [-0.39, 0.29) is 19.4 Å². The molecule has 60 heavy (non-hydrogen) atoms. The molecule has 0 amide bonds. The third-order valence-corrected chi connectivity index (χ3v) is 10.0. The number of rotatable bonds is 31. The predicted octanol–water partition coefficient (Wildman–Crippen LogP) is 4.14. The molecule has 15 heteroatoms. The molecule has 2 saturated heterocycles. The first-order chi connectivity index (χ1) is 29.0. The second kappa shape index (κ2) is 32.9. The van der Waals surface area contributed by atoms with Gasteiger partial charge in [0.1, 0.15) is 55.4 Å². The minimum atomic E-state index is -1.77. The van der Waals surface area contributed by atoms with Crippen LogP contribution in [0.1, 0.15) is 117 Å². The number of aliphatic hydroxyl groups excluding tert-OH is 7. The fourth-order valence-electron chi connectivity index (χ4n) is 6.37. The summed E-state index contributed by atoms with van der Waals surface area (Å²) in [7, 11) is 0. The van der Waals surface area contributed by atoms with Gasteiger partial charge >= 0.3 is 11.9 Å². The Balaban J connectivity index is 1.88. The van der Waals surface area contributed by atoms with Gasteiger partial charge in [0.25, 0.3) is 0 Å². The van der Waals surface area contributed by atoms with Gasteiger partial charge in [0.2, 0.25) is 0 Å². The molecular weight excluding hydrogens is 780 g/mol. The van der Waals surface area contributed by atoms with Gasteiger partial charge in [-0.1, -0.05) is 113 Å². The molecule has 0 aromatic carbocycles. The Morgan fingerprint density at radius 1 is 0.550 bits per heavy atom. The largest absolute Gasteiger partial charge is 0.462 e. The van der Waals surface area contributed by atoms with E-state index < -0.39 is 99.3 Å². The van der Waals surface area contributed by atoms with Gasteiger partial charge in [-0.25, -0.2) is 0 Å². The molecule has 2 aliphatic rings. The maximum absolute atomic E-state index is 12.9. The van der Waals surface area contributed by atoms with Crippen LogP contribution in [0.4, 0.5) is 0 Å². The van der Waals surface area contributed by atoms with Gasteiger partial charge in [-0.05, 0) is 51.4 Å². The van der Waals surface area contributed by atoms with Crippen LogP contribution in [0.5, 0.6) is 0 Å². The second-order valence-corrected chi connectivity index (χ2v) is 15.1. The topological polar surface area (TPSA) is 231 Å². The highest BCUT2D eigenvalue weighted by atomic mass is 16.7. The van der Waals surface area contributed by atoms with Gasteiger partial charge < -0.3 is 64.2 Å². The molecule has 0 radical (unpaired) electrons. The zero-order valence-electron chi connectivity index (χ0n) is 35.7. The monoisotopic (exact) mass is 855 g/mol. The number of hydrogen-bond acceptors (Lipinski definition) is 15. The summed E-state index contributed by atoms with van der Waals surface area (Å²) in [5.41, 5.74) is 0. The van der Waals surface area contributed by atoms with Crippen LogP contribution in [0.3, 0.4) is 0 Å². The van der Waals surface area contributed by atoms with Gasteiger partial charge in [-0.15, -0.1) is 0 Å². The fourth-order valence-corrected chi connectivity index (χ4v) is 6.37. The Morgan fingerprint density at radius 2 is 1.05 bits per heavy atom. The number of aliphatic hydroxyl groups is 7. The Hall–Kier alpha value is -2.80. The Bertz CT molecular complexity index is 1280. The van der Waals surface area contributed by atoms with Crippen LogP contribution in [-0.2, 0) is 38.0 Å². The smallest absolute Gasteiger partial charge is 0.306 e. The van der Waals surface area contributed by atoms with Crippen LogP contribution >= 0.6 is 0 Å². The van der Waals surface area contributed by atoms with Crippen molar-refractivity contribution in [2.24, 2.45) is 0 Å². The third-order valence-electron chi connectivity index (χ3n) is 10.0. The summed E-state index contributed by atoms with van der Waals surface area (Å²) in [4.78, 5) is 25.4. The van der Waals surface area contributed by atoms with E-state index >= 15 is 0 Å². The molecule has 0 aromatic heterocycles. The van der Waals surface area contributed by atoms with Crippen molar-refractivity contribution in [2.75, 3.05) is 26.4 Å².